The van der Waals surface area contributed by atoms with Gasteiger partial charge in [0.2, 0.25) is 0 Å². The quantitative estimate of drug-likeness (QED) is 0.846. The van der Waals surface area contributed by atoms with E-state index >= 15 is 0 Å². The van der Waals surface area contributed by atoms with Crippen LogP contribution in [0.3, 0.4) is 0 Å². The Morgan fingerprint density at radius 3 is 2.37 bits per heavy atom. The van der Waals surface area contributed by atoms with Crippen molar-refractivity contribution in [2.45, 2.75) is 33.2 Å². The number of aromatic hydroxyl groups is 1. The summed E-state index contributed by atoms with van der Waals surface area (Å²) in [6.07, 6.45) is 0. The average molecular weight is 255 g/mol. The van der Waals surface area contributed by atoms with Crippen LogP contribution in [0, 0.1) is 6.92 Å². The van der Waals surface area contributed by atoms with E-state index in [0.29, 0.717) is 18.2 Å². The lowest BCUT2D eigenvalue weighted by molar-refractivity contribution is 0.469. The number of aryl methyl sites for hydroxylation is 1. The van der Waals surface area contributed by atoms with E-state index < -0.39 is 0 Å². The summed E-state index contributed by atoms with van der Waals surface area (Å²) >= 11 is 0. The van der Waals surface area contributed by atoms with Gasteiger partial charge >= 0.3 is 0 Å². The molecule has 0 radical (unpaired) electrons. The minimum absolute atomic E-state index is 0.344. The lowest BCUT2D eigenvalue weighted by atomic mass is 10.0. The molecule has 0 unspecified atom stereocenters. The SMILES string of the molecule is Cc1ccc(O)c(CNc2ccc(C(C)C)cc2)c1. The molecular formula is C17H21NO. The van der Waals surface area contributed by atoms with E-state index in [-0.39, 0.29) is 0 Å². The molecule has 0 heterocycles. The van der Waals surface area contributed by atoms with E-state index in [2.05, 4.69) is 43.4 Å². The van der Waals surface area contributed by atoms with Crippen LogP contribution in [-0.4, -0.2) is 5.11 Å². The minimum Gasteiger partial charge on any atom is -0.508 e. The fraction of sp³-hybridized carbons (Fsp3) is 0.294. The number of benzene rings is 2. The molecule has 2 aromatic rings. The summed E-state index contributed by atoms with van der Waals surface area (Å²) in [7, 11) is 0. The van der Waals surface area contributed by atoms with E-state index in [1.54, 1.807) is 6.07 Å². The van der Waals surface area contributed by atoms with Crippen molar-refractivity contribution in [3.63, 3.8) is 0 Å². The summed E-state index contributed by atoms with van der Waals surface area (Å²) < 4.78 is 0. The van der Waals surface area contributed by atoms with Crippen LogP contribution in [0.4, 0.5) is 5.69 Å². The van der Waals surface area contributed by atoms with Gasteiger partial charge in [0.1, 0.15) is 5.75 Å². The Balaban J connectivity index is 2.04. The molecule has 0 saturated heterocycles. The predicted octanol–water partition coefficient (Wildman–Crippen LogP) is 4.44. The molecule has 2 heteroatoms. The molecule has 0 aliphatic rings. The normalized spacial score (nSPS) is 10.7. The van der Waals surface area contributed by atoms with Crippen molar-refractivity contribution in [3.8, 4) is 5.75 Å². The van der Waals surface area contributed by atoms with Crippen LogP contribution in [0.1, 0.15) is 36.5 Å². The summed E-state index contributed by atoms with van der Waals surface area (Å²) in [6.45, 7) is 7.04. The molecular weight excluding hydrogens is 234 g/mol. The molecule has 0 aliphatic heterocycles. The summed E-state index contributed by atoms with van der Waals surface area (Å²) in [5.74, 6) is 0.895. The highest BCUT2D eigenvalue weighted by atomic mass is 16.3. The van der Waals surface area contributed by atoms with Gasteiger partial charge in [0.25, 0.3) is 0 Å². The van der Waals surface area contributed by atoms with E-state index in [1.807, 2.05) is 19.1 Å². The zero-order valence-corrected chi connectivity index (χ0v) is 11.8. The molecule has 0 aliphatic carbocycles. The zero-order chi connectivity index (χ0) is 13.8. The van der Waals surface area contributed by atoms with Gasteiger partial charge in [-0.1, -0.05) is 43.7 Å². The van der Waals surface area contributed by atoms with Gasteiger partial charge in [-0.2, -0.15) is 0 Å². The van der Waals surface area contributed by atoms with Gasteiger partial charge in [0, 0.05) is 17.8 Å². The first-order valence-electron chi connectivity index (χ1n) is 6.68. The fourth-order valence-electron chi connectivity index (χ4n) is 2.04. The third-order valence-corrected chi connectivity index (χ3v) is 3.30. The van der Waals surface area contributed by atoms with Crippen molar-refractivity contribution in [2.24, 2.45) is 0 Å². The maximum Gasteiger partial charge on any atom is 0.120 e. The molecule has 0 fully saturated rings. The highest BCUT2D eigenvalue weighted by Gasteiger charge is 2.02. The van der Waals surface area contributed by atoms with Crippen LogP contribution in [0.2, 0.25) is 0 Å². The van der Waals surface area contributed by atoms with Crippen LogP contribution in [0.15, 0.2) is 42.5 Å². The zero-order valence-electron chi connectivity index (χ0n) is 11.8. The van der Waals surface area contributed by atoms with Gasteiger partial charge in [-0.3, -0.25) is 0 Å². The van der Waals surface area contributed by atoms with E-state index in [4.69, 9.17) is 0 Å². The molecule has 0 amide bonds. The number of phenolic OH excluding ortho intramolecular Hbond substituents is 1. The summed E-state index contributed by atoms with van der Waals surface area (Å²) in [6, 6.07) is 14.1. The maximum absolute atomic E-state index is 9.79. The molecule has 0 saturated carbocycles. The second-order valence-corrected chi connectivity index (χ2v) is 5.26. The van der Waals surface area contributed by atoms with Crippen LogP contribution < -0.4 is 5.32 Å². The Morgan fingerprint density at radius 1 is 1.05 bits per heavy atom. The van der Waals surface area contributed by atoms with Crippen molar-refractivity contribution < 1.29 is 5.11 Å². The molecule has 2 N–H and O–H groups in total. The van der Waals surface area contributed by atoms with Crippen molar-refractivity contribution >= 4 is 5.69 Å². The van der Waals surface area contributed by atoms with Crippen LogP contribution in [-0.2, 0) is 6.54 Å². The largest absolute Gasteiger partial charge is 0.508 e. The van der Waals surface area contributed by atoms with Crippen LogP contribution >= 0.6 is 0 Å². The summed E-state index contributed by atoms with van der Waals surface area (Å²) in [4.78, 5) is 0. The molecule has 19 heavy (non-hydrogen) atoms. The Morgan fingerprint density at radius 2 is 1.74 bits per heavy atom. The smallest absolute Gasteiger partial charge is 0.120 e. The summed E-state index contributed by atoms with van der Waals surface area (Å²) in [5, 5.41) is 13.1. The topological polar surface area (TPSA) is 32.3 Å². The van der Waals surface area contributed by atoms with E-state index in [9.17, 15) is 5.11 Å². The number of phenols is 1. The van der Waals surface area contributed by atoms with Crippen molar-refractivity contribution in [3.05, 3.63) is 59.2 Å². The molecule has 2 aromatic carbocycles. The molecule has 0 bridgehead atoms. The fourth-order valence-corrected chi connectivity index (χ4v) is 2.04. The number of hydrogen-bond acceptors (Lipinski definition) is 2. The minimum atomic E-state index is 0.344. The van der Waals surface area contributed by atoms with E-state index in [0.717, 1.165) is 16.8 Å². The Labute approximate surface area is 115 Å². The number of nitrogens with one attached hydrogen (secondary N) is 1. The molecule has 0 aromatic heterocycles. The standard InChI is InChI=1S/C17H21NO/c1-12(2)14-5-7-16(8-6-14)18-11-15-10-13(3)4-9-17(15)19/h4-10,12,18-19H,11H2,1-3H3. The number of hydrogen-bond donors (Lipinski definition) is 2. The van der Waals surface area contributed by atoms with Crippen molar-refractivity contribution in [2.75, 3.05) is 5.32 Å². The molecule has 100 valence electrons. The van der Waals surface area contributed by atoms with Gasteiger partial charge in [-0.15, -0.1) is 0 Å². The average Bonchev–Trinajstić information content (AvgIpc) is 2.40. The first-order chi connectivity index (χ1) is 9.06. The molecule has 2 nitrogen and oxygen atoms in total. The highest BCUT2D eigenvalue weighted by molar-refractivity contribution is 5.47. The Hall–Kier alpha value is -1.96. The Kier molecular flexibility index (Phi) is 4.10. The van der Waals surface area contributed by atoms with Crippen molar-refractivity contribution in [1.82, 2.24) is 0 Å². The molecule has 0 atom stereocenters. The van der Waals surface area contributed by atoms with Crippen LogP contribution in [0.25, 0.3) is 0 Å². The Bertz CT molecular complexity index is 544. The molecule has 0 spiro atoms. The van der Waals surface area contributed by atoms with Crippen LogP contribution in [0.5, 0.6) is 5.75 Å². The maximum atomic E-state index is 9.79. The lowest BCUT2D eigenvalue weighted by Gasteiger charge is -2.11. The third-order valence-electron chi connectivity index (χ3n) is 3.30. The predicted molar refractivity (Wildman–Crippen MR) is 80.7 cm³/mol. The number of rotatable bonds is 4. The van der Waals surface area contributed by atoms with Gasteiger partial charge in [-0.05, 0) is 36.6 Å². The van der Waals surface area contributed by atoms with Gasteiger partial charge < -0.3 is 10.4 Å². The first kappa shape index (κ1) is 13.5. The molecule has 2 rings (SSSR count). The second kappa shape index (κ2) is 5.79. The summed E-state index contributed by atoms with van der Waals surface area (Å²) in [5.41, 5.74) is 4.49. The van der Waals surface area contributed by atoms with Crippen molar-refractivity contribution in [1.29, 1.82) is 0 Å². The number of anilines is 1. The van der Waals surface area contributed by atoms with E-state index in [1.165, 1.54) is 5.56 Å². The second-order valence-electron chi connectivity index (χ2n) is 5.26. The monoisotopic (exact) mass is 255 g/mol. The lowest BCUT2D eigenvalue weighted by Crippen LogP contribution is -2.00. The first-order valence-corrected chi connectivity index (χ1v) is 6.68. The van der Waals surface area contributed by atoms with Gasteiger partial charge in [-0.25, -0.2) is 0 Å². The third kappa shape index (κ3) is 3.50. The van der Waals surface area contributed by atoms with Gasteiger partial charge in [0.05, 0.1) is 0 Å². The highest BCUT2D eigenvalue weighted by Crippen LogP contribution is 2.21. The van der Waals surface area contributed by atoms with Gasteiger partial charge in [0.15, 0.2) is 0 Å².